The van der Waals surface area contributed by atoms with Crippen LogP contribution in [0, 0.1) is 12.8 Å². The molecule has 1 amide bonds. The van der Waals surface area contributed by atoms with E-state index in [4.69, 9.17) is 4.74 Å². The Bertz CT molecular complexity index is 914. The number of amides is 1. The van der Waals surface area contributed by atoms with Crippen LogP contribution in [0.25, 0.3) is 10.2 Å². The smallest absolute Gasteiger partial charge is 0.348 e. The lowest BCUT2D eigenvalue weighted by Gasteiger charge is -2.34. The Hall–Kier alpha value is -2.22. The maximum absolute atomic E-state index is 12.6. The molecule has 0 radical (unpaired) electrons. The summed E-state index contributed by atoms with van der Waals surface area (Å²) in [6.07, 6.45) is 9.04. The average molecular weight is 431 g/mol. The number of carbonyl (C=O) groups excluding carboxylic acids is 2. The molecule has 4 rings (SSSR count). The summed E-state index contributed by atoms with van der Waals surface area (Å²) in [6.45, 7) is 5.75. The molecule has 0 unspecified atom stereocenters. The van der Waals surface area contributed by atoms with Gasteiger partial charge in [0, 0.05) is 25.0 Å². The van der Waals surface area contributed by atoms with Gasteiger partial charge in [-0.05, 0) is 45.1 Å². The lowest BCUT2D eigenvalue weighted by Crippen LogP contribution is -2.46. The molecule has 2 aromatic heterocycles. The summed E-state index contributed by atoms with van der Waals surface area (Å²) in [5, 5.41) is 4.22. The van der Waals surface area contributed by atoms with E-state index in [0.717, 1.165) is 60.4 Å². The summed E-state index contributed by atoms with van der Waals surface area (Å²) in [5.74, 6) is 1.02. The van der Waals surface area contributed by atoms with Crippen molar-refractivity contribution in [1.82, 2.24) is 15.3 Å². The summed E-state index contributed by atoms with van der Waals surface area (Å²) in [6, 6.07) is 0.228. The lowest BCUT2D eigenvalue weighted by molar-refractivity contribution is -0.126. The maximum Gasteiger partial charge on any atom is 0.348 e. The molecule has 0 aromatic carbocycles. The zero-order chi connectivity index (χ0) is 21.1. The normalized spacial score (nSPS) is 18.5. The molecule has 30 heavy (non-hydrogen) atoms. The molecule has 0 bridgehead atoms. The van der Waals surface area contributed by atoms with Crippen LogP contribution >= 0.6 is 11.3 Å². The first kappa shape index (κ1) is 21.0. The third kappa shape index (κ3) is 4.29. The van der Waals surface area contributed by atoms with Crippen LogP contribution in [-0.4, -0.2) is 47.6 Å². The summed E-state index contributed by atoms with van der Waals surface area (Å²) < 4.78 is 5.19. The second-order valence-corrected chi connectivity index (χ2v) is 9.26. The van der Waals surface area contributed by atoms with Crippen molar-refractivity contribution in [3.63, 3.8) is 0 Å². The number of nitrogens with zero attached hydrogens (tertiary/aromatic N) is 3. The minimum absolute atomic E-state index is 0.202. The molecule has 1 N–H and O–H groups in total. The van der Waals surface area contributed by atoms with E-state index >= 15 is 0 Å². The number of fused-ring (bicyclic) bond motifs is 1. The first-order valence-corrected chi connectivity index (χ1v) is 11.9. The highest BCUT2D eigenvalue weighted by Gasteiger charge is 2.28. The molecule has 0 spiro atoms. The van der Waals surface area contributed by atoms with Crippen LogP contribution < -0.4 is 10.2 Å². The quantitative estimate of drug-likeness (QED) is 0.726. The van der Waals surface area contributed by atoms with Gasteiger partial charge in [-0.2, -0.15) is 0 Å². The number of hydrogen-bond donors (Lipinski definition) is 1. The maximum atomic E-state index is 12.6. The lowest BCUT2D eigenvalue weighted by atomic mass is 9.88. The highest BCUT2D eigenvalue weighted by Crippen LogP contribution is 2.36. The van der Waals surface area contributed by atoms with Crippen LogP contribution in [-0.2, 0) is 9.53 Å². The molecule has 2 fully saturated rings. The highest BCUT2D eigenvalue weighted by molar-refractivity contribution is 7.20. The third-order valence-electron chi connectivity index (χ3n) is 6.28. The van der Waals surface area contributed by atoms with E-state index in [2.05, 4.69) is 20.2 Å². The number of aryl methyl sites for hydroxylation is 1. The number of anilines is 1. The van der Waals surface area contributed by atoms with E-state index in [-0.39, 0.29) is 23.8 Å². The van der Waals surface area contributed by atoms with Crippen molar-refractivity contribution in [2.75, 3.05) is 24.6 Å². The van der Waals surface area contributed by atoms with Crippen LogP contribution in [0.3, 0.4) is 0 Å². The van der Waals surface area contributed by atoms with Gasteiger partial charge in [-0.25, -0.2) is 14.8 Å². The molecule has 0 atom stereocenters. The number of aromatic nitrogens is 2. The largest absolute Gasteiger partial charge is 0.462 e. The molecule has 162 valence electrons. The zero-order valence-corrected chi connectivity index (χ0v) is 18.6. The number of ether oxygens (including phenoxy) is 1. The Morgan fingerprint density at radius 3 is 2.60 bits per heavy atom. The van der Waals surface area contributed by atoms with Gasteiger partial charge in [-0.1, -0.05) is 19.3 Å². The Kier molecular flexibility index (Phi) is 6.51. The van der Waals surface area contributed by atoms with E-state index in [0.29, 0.717) is 11.5 Å². The van der Waals surface area contributed by atoms with Crippen LogP contribution in [0.1, 0.15) is 67.1 Å². The predicted octanol–water partition coefficient (Wildman–Crippen LogP) is 3.84. The van der Waals surface area contributed by atoms with Crippen LogP contribution in [0.15, 0.2) is 6.33 Å². The highest BCUT2D eigenvalue weighted by atomic mass is 32.1. The Morgan fingerprint density at radius 1 is 1.17 bits per heavy atom. The number of hydrogen-bond acceptors (Lipinski definition) is 7. The Balaban J connectivity index is 1.44. The number of carbonyl (C=O) groups is 2. The summed E-state index contributed by atoms with van der Waals surface area (Å²) >= 11 is 1.37. The van der Waals surface area contributed by atoms with E-state index < -0.39 is 0 Å². The second-order valence-electron chi connectivity index (χ2n) is 8.26. The number of thiophene rings is 1. The van der Waals surface area contributed by atoms with E-state index in [9.17, 15) is 9.59 Å². The molecule has 3 heterocycles. The van der Waals surface area contributed by atoms with Gasteiger partial charge in [0.2, 0.25) is 5.91 Å². The number of piperidine rings is 1. The van der Waals surface area contributed by atoms with Gasteiger partial charge in [0.05, 0.1) is 12.0 Å². The van der Waals surface area contributed by atoms with Gasteiger partial charge in [0.15, 0.2) is 0 Å². The SMILES string of the molecule is CCOC(=O)c1sc2ncnc(N3CCC(NC(=O)C4CCCCC4)CC3)c2c1C. The van der Waals surface area contributed by atoms with Crippen LogP contribution in [0.4, 0.5) is 5.82 Å². The Labute approximate surface area is 181 Å². The van der Waals surface area contributed by atoms with E-state index in [1.165, 1.54) is 30.6 Å². The first-order chi connectivity index (χ1) is 14.6. The fourth-order valence-electron chi connectivity index (χ4n) is 4.60. The number of rotatable bonds is 5. The van der Waals surface area contributed by atoms with Crippen molar-refractivity contribution >= 4 is 39.2 Å². The Morgan fingerprint density at radius 2 is 1.90 bits per heavy atom. The summed E-state index contributed by atoms with van der Waals surface area (Å²) in [4.78, 5) is 37.5. The molecular formula is C22H30N4O3S. The van der Waals surface area contributed by atoms with Crippen LogP contribution in [0.5, 0.6) is 0 Å². The first-order valence-electron chi connectivity index (χ1n) is 11.0. The standard InChI is InChI=1S/C22H30N4O3S/c1-3-29-22(28)18-14(2)17-19(23-13-24-21(17)30-18)26-11-9-16(10-12-26)25-20(27)15-7-5-4-6-8-15/h13,15-16H,3-12H2,1-2H3,(H,25,27). The topological polar surface area (TPSA) is 84.4 Å². The molecule has 2 aliphatic rings. The number of nitrogens with one attached hydrogen (secondary N) is 1. The number of esters is 1. The van der Waals surface area contributed by atoms with Gasteiger partial charge in [-0.15, -0.1) is 11.3 Å². The fourth-order valence-corrected chi connectivity index (χ4v) is 5.64. The van der Waals surface area contributed by atoms with Crippen molar-refractivity contribution in [1.29, 1.82) is 0 Å². The van der Waals surface area contributed by atoms with E-state index in [1.54, 1.807) is 6.33 Å². The molecule has 1 aliphatic heterocycles. The van der Waals surface area contributed by atoms with Crippen molar-refractivity contribution < 1.29 is 14.3 Å². The molecule has 1 aliphatic carbocycles. The van der Waals surface area contributed by atoms with E-state index in [1.807, 2.05) is 13.8 Å². The summed E-state index contributed by atoms with van der Waals surface area (Å²) in [7, 11) is 0. The average Bonchev–Trinajstić information content (AvgIpc) is 3.12. The van der Waals surface area contributed by atoms with Gasteiger partial charge in [0.1, 0.15) is 21.9 Å². The van der Waals surface area contributed by atoms with Gasteiger partial charge >= 0.3 is 5.97 Å². The zero-order valence-electron chi connectivity index (χ0n) is 17.8. The third-order valence-corrected chi connectivity index (χ3v) is 7.46. The molecule has 8 heteroatoms. The molecular weight excluding hydrogens is 400 g/mol. The van der Waals surface area contributed by atoms with Gasteiger partial charge in [-0.3, -0.25) is 4.79 Å². The summed E-state index contributed by atoms with van der Waals surface area (Å²) in [5.41, 5.74) is 0.886. The van der Waals surface area contributed by atoms with Crippen molar-refractivity contribution in [3.8, 4) is 0 Å². The van der Waals surface area contributed by atoms with Gasteiger partial charge in [0.25, 0.3) is 0 Å². The fraction of sp³-hybridized carbons (Fsp3) is 0.636. The minimum Gasteiger partial charge on any atom is -0.462 e. The second kappa shape index (κ2) is 9.29. The van der Waals surface area contributed by atoms with Crippen molar-refractivity contribution in [2.45, 2.75) is 64.8 Å². The van der Waals surface area contributed by atoms with Gasteiger partial charge < -0.3 is 15.0 Å². The van der Waals surface area contributed by atoms with Crippen LogP contribution in [0.2, 0.25) is 0 Å². The van der Waals surface area contributed by atoms with Crippen molar-refractivity contribution in [2.24, 2.45) is 5.92 Å². The predicted molar refractivity (Wildman–Crippen MR) is 118 cm³/mol. The molecule has 1 saturated heterocycles. The van der Waals surface area contributed by atoms with Crippen molar-refractivity contribution in [3.05, 3.63) is 16.8 Å². The monoisotopic (exact) mass is 430 g/mol. The molecule has 1 saturated carbocycles. The minimum atomic E-state index is -0.298. The molecule has 2 aromatic rings. The molecule has 7 nitrogen and oxygen atoms in total.